The third-order valence-electron chi connectivity index (χ3n) is 5.70. The van der Waals surface area contributed by atoms with Crippen LogP contribution in [0.5, 0.6) is 0 Å². The normalized spacial score (nSPS) is 24.2. The number of amides is 3. The van der Waals surface area contributed by atoms with E-state index in [2.05, 4.69) is 15.6 Å². The number of carbonyl (C=O) groups excluding carboxylic acids is 3. The highest BCUT2D eigenvalue weighted by atomic mass is 16.2. The Morgan fingerprint density at radius 2 is 1.82 bits per heavy atom. The van der Waals surface area contributed by atoms with E-state index in [0.717, 1.165) is 16.8 Å². The van der Waals surface area contributed by atoms with E-state index in [4.69, 9.17) is 0 Å². The first kappa shape index (κ1) is 18.1. The molecule has 2 heterocycles. The summed E-state index contributed by atoms with van der Waals surface area (Å²) in [6.07, 6.45) is 3.12. The molecule has 1 fully saturated rings. The van der Waals surface area contributed by atoms with E-state index in [1.54, 1.807) is 6.21 Å². The van der Waals surface area contributed by atoms with Gasteiger partial charge in [0.2, 0.25) is 17.7 Å². The Kier molecular flexibility index (Phi) is 4.55. The Labute approximate surface area is 163 Å². The molecule has 4 rings (SSSR count). The number of aliphatic imine (C=N–C) groups is 1. The van der Waals surface area contributed by atoms with Crippen LogP contribution in [0.2, 0.25) is 0 Å². The number of rotatable bonds is 4. The molecule has 2 N–H and O–H groups in total. The van der Waals surface area contributed by atoms with Crippen LogP contribution in [0.3, 0.4) is 0 Å². The SMILES string of the molecule is CCC1(c2ccc(N=CC3C(=O)Nc4ccccc43)cc2)CCC(=O)NC1=O. The lowest BCUT2D eigenvalue weighted by Gasteiger charge is -2.34. The summed E-state index contributed by atoms with van der Waals surface area (Å²) >= 11 is 0. The van der Waals surface area contributed by atoms with E-state index in [9.17, 15) is 14.4 Å². The fourth-order valence-electron chi connectivity index (χ4n) is 3.97. The summed E-state index contributed by atoms with van der Waals surface area (Å²) in [4.78, 5) is 40.6. The van der Waals surface area contributed by atoms with Gasteiger partial charge in [0.15, 0.2) is 0 Å². The largest absolute Gasteiger partial charge is 0.325 e. The number of nitrogens with one attached hydrogen (secondary N) is 2. The number of para-hydroxylation sites is 1. The van der Waals surface area contributed by atoms with Crippen LogP contribution in [0.15, 0.2) is 53.5 Å². The van der Waals surface area contributed by atoms with Gasteiger partial charge in [-0.3, -0.25) is 24.7 Å². The van der Waals surface area contributed by atoms with E-state index in [0.29, 0.717) is 24.9 Å². The van der Waals surface area contributed by atoms with Gasteiger partial charge in [-0.1, -0.05) is 37.3 Å². The molecule has 2 atom stereocenters. The van der Waals surface area contributed by atoms with Gasteiger partial charge in [-0.15, -0.1) is 0 Å². The molecular formula is C22H21N3O3. The lowest BCUT2D eigenvalue weighted by atomic mass is 9.72. The van der Waals surface area contributed by atoms with Crippen molar-refractivity contribution < 1.29 is 14.4 Å². The number of nitrogens with zero attached hydrogens (tertiary/aromatic N) is 1. The molecule has 0 aromatic heterocycles. The van der Waals surface area contributed by atoms with Crippen molar-refractivity contribution in [3.63, 3.8) is 0 Å². The first-order valence-electron chi connectivity index (χ1n) is 9.42. The molecule has 0 radical (unpaired) electrons. The molecule has 0 aliphatic carbocycles. The molecule has 142 valence electrons. The highest BCUT2D eigenvalue weighted by Gasteiger charge is 2.42. The predicted molar refractivity (Wildman–Crippen MR) is 107 cm³/mol. The van der Waals surface area contributed by atoms with Crippen LogP contribution >= 0.6 is 0 Å². The summed E-state index contributed by atoms with van der Waals surface area (Å²) in [5, 5.41) is 5.31. The molecule has 2 aliphatic heterocycles. The fraction of sp³-hybridized carbons (Fsp3) is 0.273. The third kappa shape index (κ3) is 3.01. The zero-order chi connectivity index (χ0) is 19.7. The number of fused-ring (bicyclic) bond motifs is 1. The summed E-state index contributed by atoms with van der Waals surface area (Å²) in [6, 6.07) is 15.0. The lowest BCUT2D eigenvalue weighted by Crippen LogP contribution is -2.51. The number of imide groups is 1. The Morgan fingerprint density at radius 1 is 1.07 bits per heavy atom. The summed E-state index contributed by atoms with van der Waals surface area (Å²) in [7, 11) is 0. The van der Waals surface area contributed by atoms with Gasteiger partial charge in [0.25, 0.3) is 0 Å². The maximum Gasteiger partial charge on any atom is 0.237 e. The van der Waals surface area contributed by atoms with E-state index in [1.165, 1.54) is 0 Å². The van der Waals surface area contributed by atoms with Crippen molar-refractivity contribution in [3.8, 4) is 0 Å². The van der Waals surface area contributed by atoms with Crippen molar-refractivity contribution >= 4 is 35.3 Å². The second kappa shape index (κ2) is 7.03. The Hall–Kier alpha value is -3.28. The van der Waals surface area contributed by atoms with E-state index >= 15 is 0 Å². The minimum Gasteiger partial charge on any atom is -0.325 e. The Balaban J connectivity index is 1.56. The van der Waals surface area contributed by atoms with Crippen LogP contribution in [-0.4, -0.2) is 23.9 Å². The predicted octanol–water partition coefficient (Wildman–Crippen LogP) is 3.21. The number of carbonyl (C=O) groups is 3. The zero-order valence-electron chi connectivity index (χ0n) is 15.6. The smallest absolute Gasteiger partial charge is 0.237 e. The minimum atomic E-state index is -0.680. The quantitative estimate of drug-likeness (QED) is 0.635. The van der Waals surface area contributed by atoms with Crippen LogP contribution in [0.4, 0.5) is 11.4 Å². The van der Waals surface area contributed by atoms with Crippen molar-refractivity contribution in [3.05, 3.63) is 59.7 Å². The maximum atomic E-state index is 12.5. The molecule has 0 bridgehead atoms. The van der Waals surface area contributed by atoms with Crippen molar-refractivity contribution in [2.24, 2.45) is 4.99 Å². The van der Waals surface area contributed by atoms with Crippen LogP contribution in [-0.2, 0) is 19.8 Å². The third-order valence-corrected chi connectivity index (χ3v) is 5.70. The second-order valence-electron chi connectivity index (χ2n) is 7.19. The van der Waals surface area contributed by atoms with Crippen molar-refractivity contribution in [1.82, 2.24) is 5.32 Å². The Bertz CT molecular complexity index is 981. The van der Waals surface area contributed by atoms with Crippen LogP contribution in [0, 0.1) is 0 Å². The zero-order valence-corrected chi connectivity index (χ0v) is 15.6. The summed E-state index contributed by atoms with van der Waals surface area (Å²) in [5.41, 5.74) is 2.64. The molecular weight excluding hydrogens is 354 g/mol. The number of hydrogen-bond donors (Lipinski definition) is 2. The van der Waals surface area contributed by atoms with Crippen molar-refractivity contribution in [2.45, 2.75) is 37.5 Å². The maximum absolute atomic E-state index is 12.5. The molecule has 6 nitrogen and oxygen atoms in total. The number of piperidine rings is 1. The van der Waals surface area contributed by atoms with E-state index in [1.807, 2.05) is 55.5 Å². The Morgan fingerprint density at radius 3 is 2.54 bits per heavy atom. The number of benzene rings is 2. The van der Waals surface area contributed by atoms with E-state index < -0.39 is 11.3 Å². The monoisotopic (exact) mass is 375 g/mol. The molecule has 2 unspecified atom stereocenters. The molecule has 3 amide bonds. The van der Waals surface area contributed by atoms with Gasteiger partial charge in [-0.2, -0.15) is 0 Å². The van der Waals surface area contributed by atoms with Gasteiger partial charge in [0.05, 0.1) is 11.1 Å². The average Bonchev–Trinajstić information content (AvgIpc) is 3.02. The van der Waals surface area contributed by atoms with Gasteiger partial charge >= 0.3 is 0 Å². The molecule has 1 saturated heterocycles. The second-order valence-corrected chi connectivity index (χ2v) is 7.19. The molecule has 0 saturated carbocycles. The van der Waals surface area contributed by atoms with Gasteiger partial charge < -0.3 is 5.32 Å². The minimum absolute atomic E-state index is 0.0879. The standard InChI is InChI=1S/C22H21N3O3/c1-2-22(12-11-19(26)25-21(22)28)14-7-9-15(10-8-14)23-13-17-16-5-3-4-6-18(16)24-20(17)27/h3-10,13,17H,2,11-12H2,1H3,(H,24,27)(H,25,26,28). The first-order valence-corrected chi connectivity index (χ1v) is 9.42. The van der Waals surface area contributed by atoms with Gasteiger partial charge in [0, 0.05) is 18.3 Å². The molecule has 2 aromatic rings. The average molecular weight is 375 g/mol. The van der Waals surface area contributed by atoms with Crippen molar-refractivity contribution in [1.29, 1.82) is 0 Å². The fourth-order valence-corrected chi connectivity index (χ4v) is 3.97. The molecule has 2 aromatic carbocycles. The van der Waals surface area contributed by atoms with Gasteiger partial charge in [-0.25, -0.2) is 0 Å². The van der Waals surface area contributed by atoms with Crippen LogP contribution < -0.4 is 10.6 Å². The summed E-state index contributed by atoms with van der Waals surface area (Å²) in [6.45, 7) is 1.96. The summed E-state index contributed by atoms with van der Waals surface area (Å²) < 4.78 is 0. The molecule has 2 aliphatic rings. The molecule has 28 heavy (non-hydrogen) atoms. The van der Waals surface area contributed by atoms with Crippen LogP contribution in [0.25, 0.3) is 0 Å². The van der Waals surface area contributed by atoms with Crippen LogP contribution in [0.1, 0.15) is 43.2 Å². The number of anilines is 1. The van der Waals surface area contributed by atoms with Gasteiger partial charge in [0.1, 0.15) is 5.92 Å². The highest BCUT2D eigenvalue weighted by molar-refractivity contribution is 6.12. The number of hydrogen-bond acceptors (Lipinski definition) is 4. The molecule has 0 spiro atoms. The van der Waals surface area contributed by atoms with Gasteiger partial charge in [-0.05, 0) is 42.2 Å². The van der Waals surface area contributed by atoms with E-state index in [-0.39, 0.29) is 17.7 Å². The molecule has 6 heteroatoms. The summed E-state index contributed by atoms with van der Waals surface area (Å²) in [5.74, 6) is -0.949. The highest BCUT2D eigenvalue weighted by Crippen LogP contribution is 2.37. The lowest BCUT2D eigenvalue weighted by molar-refractivity contribution is -0.138. The van der Waals surface area contributed by atoms with Crippen molar-refractivity contribution in [2.75, 3.05) is 5.32 Å². The topological polar surface area (TPSA) is 87.6 Å². The first-order chi connectivity index (χ1) is 13.5.